The number of rotatable bonds is 6. The SMILES string of the molecule is CNCc1c(Cl)cccc1OCC(=O)N(C)C(C)C. The predicted octanol–water partition coefficient (Wildman–Crippen LogP) is 2.31. The molecule has 1 aromatic carbocycles. The van der Waals surface area contributed by atoms with Crippen molar-refractivity contribution in [1.82, 2.24) is 10.2 Å². The Morgan fingerprint density at radius 2 is 2.16 bits per heavy atom. The van der Waals surface area contributed by atoms with Crippen molar-refractivity contribution >= 4 is 17.5 Å². The van der Waals surface area contributed by atoms with E-state index in [1.807, 2.05) is 39.1 Å². The van der Waals surface area contributed by atoms with Crippen LogP contribution in [0.1, 0.15) is 19.4 Å². The van der Waals surface area contributed by atoms with Crippen molar-refractivity contribution in [3.8, 4) is 5.75 Å². The maximum Gasteiger partial charge on any atom is 0.260 e. The molecule has 0 atom stereocenters. The number of hydrogen-bond donors (Lipinski definition) is 1. The lowest BCUT2D eigenvalue weighted by atomic mass is 10.2. The van der Waals surface area contributed by atoms with Crippen molar-refractivity contribution in [3.63, 3.8) is 0 Å². The molecule has 0 fully saturated rings. The summed E-state index contributed by atoms with van der Waals surface area (Å²) in [4.78, 5) is 13.5. The Balaban J connectivity index is 2.72. The van der Waals surface area contributed by atoms with Crippen LogP contribution >= 0.6 is 11.6 Å². The van der Waals surface area contributed by atoms with E-state index < -0.39 is 0 Å². The van der Waals surface area contributed by atoms with Gasteiger partial charge in [-0.1, -0.05) is 17.7 Å². The molecule has 1 amide bonds. The van der Waals surface area contributed by atoms with E-state index in [-0.39, 0.29) is 18.6 Å². The molecule has 106 valence electrons. The Labute approximate surface area is 119 Å². The number of nitrogens with one attached hydrogen (secondary N) is 1. The number of benzene rings is 1. The Hall–Kier alpha value is -1.26. The van der Waals surface area contributed by atoms with E-state index in [4.69, 9.17) is 16.3 Å². The van der Waals surface area contributed by atoms with Gasteiger partial charge in [-0.15, -0.1) is 0 Å². The van der Waals surface area contributed by atoms with Crippen LogP contribution in [0.2, 0.25) is 5.02 Å². The first-order valence-corrected chi connectivity index (χ1v) is 6.65. The molecule has 0 aliphatic carbocycles. The molecule has 1 aromatic rings. The van der Waals surface area contributed by atoms with Crippen molar-refractivity contribution < 1.29 is 9.53 Å². The fourth-order valence-corrected chi connectivity index (χ4v) is 1.78. The first kappa shape index (κ1) is 15.8. The number of hydrogen-bond acceptors (Lipinski definition) is 3. The zero-order chi connectivity index (χ0) is 14.4. The largest absolute Gasteiger partial charge is 0.483 e. The molecule has 0 heterocycles. The van der Waals surface area contributed by atoms with Crippen LogP contribution in [0.25, 0.3) is 0 Å². The normalized spacial score (nSPS) is 10.6. The summed E-state index contributed by atoms with van der Waals surface area (Å²) >= 11 is 6.12. The number of carbonyl (C=O) groups excluding carboxylic acids is 1. The molecule has 5 heteroatoms. The lowest BCUT2D eigenvalue weighted by Gasteiger charge is -2.22. The van der Waals surface area contributed by atoms with E-state index in [9.17, 15) is 4.79 Å². The standard InChI is InChI=1S/C14H21ClN2O2/c1-10(2)17(4)14(18)9-19-13-7-5-6-12(15)11(13)8-16-3/h5-7,10,16H,8-9H2,1-4H3. The third-order valence-electron chi connectivity index (χ3n) is 2.95. The molecule has 0 aromatic heterocycles. The fourth-order valence-electron chi connectivity index (χ4n) is 1.55. The highest BCUT2D eigenvalue weighted by Crippen LogP contribution is 2.26. The van der Waals surface area contributed by atoms with Crippen LogP contribution in [0.3, 0.4) is 0 Å². The van der Waals surface area contributed by atoms with Crippen molar-refractivity contribution in [2.45, 2.75) is 26.4 Å². The van der Waals surface area contributed by atoms with Gasteiger partial charge < -0.3 is 15.0 Å². The monoisotopic (exact) mass is 284 g/mol. The Morgan fingerprint density at radius 3 is 2.74 bits per heavy atom. The van der Waals surface area contributed by atoms with Gasteiger partial charge in [0.25, 0.3) is 5.91 Å². The van der Waals surface area contributed by atoms with E-state index in [2.05, 4.69) is 5.32 Å². The molecule has 19 heavy (non-hydrogen) atoms. The lowest BCUT2D eigenvalue weighted by Crippen LogP contribution is -2.36. The molecule has 0 aliphatic heterocycles. The minimum atomic E-state index is -0.0506. The highest BCUT2D eigenvalue weighted by atomic mass is 35.5. The summed E-state index contributed by atoms with van der Waals surface area (Å²) < 4.78 is 5.59. The van der Waals surface area contributed by atoms with Gasteiger partial charge in [-0.05, 0) is 33.0 Å². The Kier molecular flexibility index (Phi) is 6.12. The van der Waals surface area contributed by atoms with Crippen LogP contribution in [-0.4, -0.2) is 37.6 Å². The highest BCUT2D eigenvalue weighted by molar-refractivity contribution is 6.31. The molecule has 0 spiro atoms. The summed E-state index contributed by atoms with van der Waals surface area (Å²) in [6, 6.07) is 5.60. The molecule has 4 nitrogen and oxygen atoms in total. The van der Waals surface area contributed by atoms with E-state index >= 15 is 0 Å². The molecular weight excluding hydrogens is 264 g/mol. The average Bonchev–Trinajstić information content (AvgIpc) is 2.38. The number of likely N-dealkylation sites (N-methyl/N-ethyl adjacent to an activating group) is 1. The molecular formula is C14H21ClN2O2. The molecule has 0 aliphatic rings. The van der Waals surface area contributed by atoms with Crippen molar-refractivity contribution in [2.24, 2.45) is 0 Å². The summed E-state index contributed by atoms with van der Waals surface area (Å²) in [5.41, 5.74) is 0.867. The number of amides is 1. The first-order valence-electron chi connectivity index (χ1n) is 6.27. The second-order valence-electron chi connectivity index (χ2n) is 4.63. The van der Waals surface area contributed by atoms with Crippen LogP contribution in [0.15, 0.2) is 18.2 Å². The van der Waals surface area contributed by atoms with Crippen LogP contribution in [0.4, 0.5) is 0 Å². The first-order chi connectivity index (χ1) is 8.97. The van der Waals surface area contributed by atoms with Gasteiger partial charge in [-0.2, -0.15) is 0 Å². The third-order valence-corrected chi connectivity index (χ3v) is 3.30. The number of nitrogens with zero attached hydrogens (tertiary/aromatic N) is 1. The van der Waals surface area contributed by atoms with Crippen LogP contribution in [0, 0.1) is 0 Å². The van der Waals surface area contributed by atoms with E-state index in [0.717, 1.165) is 5.56 Å². The zero-order valence-corrected chi connectivity index (χ0v) is 12.6. The number of ether oxygens (including phenoxy) is 1. The number of halogens is 1. The van der Waals surface area contributed by atoms with E-state index in [1.165, 1.54) is 0 Å². The van der Waals surface area contributed by atoms with Crippen molar-refractivity contribution in [3.05, 3.63) is 28.8 Å². The quantitative estimate of drug-likeness (QED) is 0.872. The molecule has 1 rings (SSSR count). The average molecular weight is 285 g/mol. The second kappa shape index (κ2) is 7.36. The summed E-state index contributed by atoms with van der Waals surface area (Å²) in [5, 5.41) is 3.67. The maximum atomic E-state index is 11.9. The summed E-state index contributed by atoms with van der Waals surface area (Å²) in [5.74, 6) is 0.595. The number of carbonyl (C=O) groups is 1. The lowest BCUT2D eigenvalue weighted by molar-refractivity contribution is -0.133. The second-order valence-corrected chi connectivity index (χ2v) is 5.04. The van der Waals surface area contributed by atoms with Gasteiger partial charge in [0, 0.05) is 30.2 Å². The molecule has 0 saturated carbocycles. The summed E-state index contributed by atoms with van der Waals surface area (Å²) in [6.45, 7) is 4.54. The van der Waals surface area contributed by atoms with Gasteiger partial charge in [-0.3, -0.25) is 4.79 Å². The molecule has 0 saturated heterocycles. The van der Waals surface area contributed by atoms with Crippen LogP contribution in [0.5, 0.6) is 5.75 Å². The summed E-state index contributed by atoms with van der Waals surface area (Å²) in [7, 11) is 3.60. The van der Waals surface area contributed by atoms with Gasteiger partial charge >= 0.3 is 0 Å². The topological polar surface area (TPSA) is 41.6 Å². The third kappa shape index (κ3) is 4.40. The highest BCUT2D eigenvalue weighted by Gasteiger charge is 2.14. The van der Waals surface area contributed by atoms with E-state index in [1.54, 1.807) is 11.9 Å². The van der Waals surface area contributed by atoms with Crippen molar-refractivity contribution in [2.75, 3.05) is 20.7 Å². The minimum Gasteiger partial charge on any atom is -0.483 e. The molecule has 0 bridgehead atoms. The Morgan fingerprint density at radius 1 is 1.47 bits per heavy atom. The maximum absolute atomic E-state index is 11.9. The van der Waals surface area contributed by atoms with Crippen LogP contribution < -0.4 is 10.1 Å². The predicted molar refractivity (Wildman–Crippen MR) is 77.6 cm³/mol. The van der Waals surface area contributed by atoms with Gasteiger partial charge in [0.05, 0.1) is 0 Å². The minimum absolute atomic E-state index is 0.0196. The zero-order valence-electron chi connectivity index (χ0n) is 11.9. The van der Waals surface area contributed by atoms with Gasteiger partial charge in [-0.25, -0.2) is 0 Å². The van der Waals surface area contributed by atoms with Gasteiger partial charge in [0.15, 0.2) is 6.61 Å². The van der Waals surface area contributed by atoms with Gasteiger partial charge in [0.1, 0.15) is 5.75 Å². The molecule has 1 N–H and O–H groups in total. The fraction of sp³-hybridized carbons (Fsp3) is 0.500. The van der Waals surface area contributed by atoms with Crippen molar-refractivity contribution in [1.29, 1.82) is 0 Å². The molecule has 0 radical (unpaired) electrons. The molecule has 0 unspecified atom stereocenters. The Bertz CT molecular complexity index is 435. The van der Waals surface area contributed by atoms with Crippen LogP contribution in [-0.2, 0) is 11.3 Å². The van der Waals surface area contributed by atoms with E-state index in [0.29, 0.717) is 17.3 Å². The smallest absolute Gasteiger partial charge is 0.260 e. The van der Waals surface area contributed by atoms with Gasteiger partial charge in [0.2, 0.25) is 0 Å². The summed E-state index contributed by atoms with van der Waals surface area (Å²) in [6.07, 6.45) is 0.